The number of likely N-dealkylation sites (tertiary alicyclic amines) is 1. The largest absolute Gasteiger partial charge is 0.389 e. The number of nitrogens with one attached hydrogen (secondary N) is 1. The maximum Gasteiger partial charge on any atom is 0.0897 e. The van der Waals surface area contributed by atoms with E-state index in [2.05, 4.69) is 38.0 Å². The molecule has 0 amide bonds. The van der Waals surface area contributed by atoms with E-state index in [0.29, 0.717) is 25.1 Å². The van der Waals surface area contributed by atoms with Gasteiger partial charge in [-0.1, -0.05) is 20.8 Å². The van der Waals surface area contributed by atoms with Gasteiger partial charge in [-0.3, -0.25) is 0 Å². The van der Waals surface area contributed by atoms with Gasteiger partial charge in [0.2, 0.25) is 0 Å². The van der Waals surface area contributed by atoms with E-state index in [1.807, 2.05) is 0 Å². The molecule has 4 nitrogen and oxygen atoms in total. The SMILES string of the molecule is CC(C)CCCOCC(O)CNC1CCN(C)CC1C. The van der Waals surface area contributed by atoms with Gasteiger partial charge in [-0.25, -0.2) is 0 Å². The van der Waals surface area contributed by atoms with E-state index in [1.165, 1.54) is 12.8 Å². The summed E-state index contributed by atoms with van der Waals surface area (Å²) in [6, 6.07) is 0.529. The Morgan fingerprint density at radius 2 is 2.15 bits per heavy atom. The first kappa shape index (κ1) is 17.9. The molecule has 0 aromatic rings. The van der Waals surface area contributed by atoms with E-state index < -0.39 is 0 Å². The van der Waals surface area contributed by atoms with Crippen LogP contribution in [0.25, 0.3) is 0 Å². The van der Waals surface area contributed by atoms with Gasteiger partial charge in [-0.2, -0.15) is 0 Å². The van der Waals surface area contributed by atoms with Crippen molar-refractivity contribution >= 4 is 0 Å². The van der Waals surface area contributed by atoms with Crippen molar-refractivity contribution < 1.29 is 9.84 Å². The molecule has 0 aromatic heterocycles. The monoisotopic (exact) mass is 286 g/mol. The molecular weight excluding hydrogens is 252 g/mol. The zero-order valence-corrected chi connectivity index (χ0v) is 13.8. The second-order valence-electron chi connectivity index (χ2n) is 6.81. The molecule has 0 saturated carbocycles. The van der Waals surface area contributed by atoms with Gasteiger partial charge in [0, 0.05) is 25.7 Å². The van der Waals surface area contributed by atoms with Crippen molar-refractivity contribution in [3.63, 3.8) is 0 Å². The van der Waals surface area contributed by atoms with Crippen molar-refractivity contribution in [3.8, 4) is 0 Å². The number of rotatable bonds is 9. The Balaban J connectivity index is 2.03. The summed E-state index contributed by atoms with van der Waals surface area (Å²) >= 11 is 0. The van der Waals surface area contributed by atoms with E-state index >= 15 is 0 Å². The first-order valence-corrected chi connectivity index (χ1v) is 8.16. The molecule has 1 aliphatic rings. The van der Waals surface area contributed by atoms with Crippen LogP contribution in [0.1, 0.15) is 40.0 Å². The van der Waals surface area contributed by atoms with Crippen LogP contribution < -0.4 is 5.32 Å². The first-order valence-electron chi connectivity index (χ1n) is 8.16. The normalized spacial score (nSPS) is 26.1. The summed E-state index contributed by atoms with van der Waals surface area (Å²) in [5, 5.41) is 13.4. The lowest BCUT2D eigenvalue weighted by Crippen LogP contribution is -2.49. The third kappa shape index (κ3) is 7.58. The Labute approximate surface area is 124 Å². The van der Waals surface area contributed by atoms with Gasteiger partial charge in [-0.05, 0) is 44.7 Å². The summed E-state index contributed by atoms with van der Waals surface area (Å²) in [4.78, 5) is 2.37. The third-order valence-corrected chi connectivity index (χ3v) is 4.10. The van der Waals surface area contributed by atoms with E-state index in [9.17, 15) is 5.11 Å². The number of aliphatic hydroxyl groups is 1. The predicted octanol–water partition coefficient (Wildman–Crippen LogP) is 1.73. The van der Waals surface area contributed by atoms with Crippen LogP contribution in [0.3, 0.4) is 0 Å². The van der Waals surface area contributed by atoms with E-state index in [1.54, 1.807) is 0 Å². The number of hydrogen-bond acceptors (Lipinski definition) is 4. The molecule has 0 aromatic carbocycles. The summed E-state index contributed by atoms with van der Waals surface area (Å²) in [6.45, 7) is 10.9. The van der Waals surface area contributed by atoms with E-state index in [4.69, 9.17) is 4.74 Å². The van der Waals surface area contributed by atoms with Crippen LogP contribution in [0, 0.1) is 11.8 Å². The smallest absolute Gasteiger partial charge is 0.0897 e. The van der Waals surface area contributed by atoms with Gasteiger partial charge in [0.05, 0.1) is 12.7 Å². The molecule has 20 heavy (non-hydrogen) atoms. The standard InChI is InChI=1S/C16H34N2O2/c1-13(2)6-5-9-20-12-15(19)10-17-16-7-8-18(4)11-14(16)3/h13-17,19H,5-12H2,1-4H3. The molecule has 3 atom stereocenters. The Kier molecular flexibility index (Phi) is 8.69. The van der Waals surface area contributed by atoms with Crippen molar-refractivity contribution in [2.24, 2.45) is 11.8 Å². The highest BCUT2D eigenvalue weighted by Gasteiger charge is 2.24. The summed E-state index contributed by atoms with van der Waals surface area (Å²) in [7, 11) is 2.17. The van der Waals surface area contributed by atoms with Crippen LogP contribution in [-0.4, -0.2) is 62.0 Å². The molecule has 1 fully saturated rings. The number of ether oxygens (including phenoxy) is 1. The van der Waals surface area contributed by atoms with Crippen molar-refractivity contribution in [1.82, 2.24) is 10.2 Å². The van der Waals surface area contributed by atoms with E-state index in [-0.39, 0.29) is 6.10 Å². The van der Waals surface area contributed by atoms with Gasteiger partial charge in [-0.15, -0.1) is 0 Å². The highest BCUT2D eigenvalue weighted by molar-refractivity contribution is 4.82. The zero-order chi connectivity index (χ0) is 15.0. The lowest BCUT2D eigenvalue weighted by atomic mass is 9.94. The topological polar surface area (TPSA) is 44.7 Å². The Hall–Kier alpha value is -0.160. The van der Waals surface area contributed by atoms with Gasteiger partial charge >= 0.3 is 0 Å². The maximum atomic E-state index is 9.93. The van der Waals surface area contributed by atoms with Crippen molar-refractivity contribution in [2.45, 2.75) is 52.2 Å². The summed E-state index contributed by atoms with van der Waals surface area (Å²) < 4.78 is 5.53. The molecule has 0 bridgehead atoms. The molecule has 3 unspecified atom stereocenters. The highest BCUT2D eigenvalue weighted by Crippen LogP contribution is 2.15. The van der Waals surface area contributed by atoms with Crippen LogP contribution in [-0.2, 0) is 4.74 Å². The minimum Gasteiger partial charge on any atom is -0.389 e. The average molecular weight is 286 g/mol. The molecule has 1 rings (SSSR count). The second-order valence-corrected chi connectivity index (χ2v) is 6.81. The first-order chi connectivity index (χ1) is 9.49. The number of hydrogen-bond donors (Lipinski definition) is 2. The van der Waals surface area contributed by atoms with Gasteiger partial charge < -0.3 is 20.1 Å². The number of aliphatic hydroxyl groups excluding tert-OH is 1. The molecule has 1 aliphatic heterocycles. The summed E-state index contributed by atoms with van der Waals surface area (Å²) in [6.07, 6.45) is 3.06. The molecule has 1 saturated heterocycles. The minimum atomic E-state index is -0.388. The molecule has 1 heterocycles. The fraction of sp³-hybridized carbons (Fsp3) is 1.00. The van der Waals surface area contributed by atoms with Gasteiger partial charge in [0.25, 0.3) is 0 Å². The van der Waals surface area contributed by atoms with Crippen LogP contribution in [0.15, 0.2) is 0 Å². The molecule has 120 valence electrons. The number of nitrogens with zero attached hydrogens (tertiary/aromatic N) is 1. The Bertz CT molecular complexity index is 249. The average Bonchev–Trinajstić information content (AvgIpc) is 2.37. The van der Waals surface area contributed by atoms with Crippen LogP contribution in [0.2, 0.25) is 0 Å². The highest BCUT2D eigenvalue weighted by atomic mass is 16.5. The summed E-state index contributed by atoms with van der Waals surface area (Å²) in [5.41, 5.74) is 0. The minimum absolute atomic E-state index is 0.388. The second kappa shape index (κ2) is 9.72. The predicted molar refractivity (Wildman–Crippen MR) is 84.0 cm³/mol. The van der Waals surface area contributed by atoms with Gasteiger partial charge in [0.15, 0.2) is 0 Å². The van der Waals surface area contributed by atoms with E-state index in [0.717, 1.165) is 32.0 Å². The molecule has 0 aliphatic carbocycles. The lowest BCUT2D eigenvalue weighted by Gasteiger charge is -2.35. The third-order valence-electron chi connectivity index (χ3n) is 4.10. The van der Waals surface area contributed by atoms with Gasteiger partial charge in [0.1, 0.15) is 0 Å². The van der Waals surface area contributed by atoms with Crippen LogP contribution in [0.5, 0.6) is 0 Å². The van der Waals surface area contributed by atoms with Crippen LogP contribution >= 0.6 is 0 Å². The molecule has 2 N–H and O–H groups in total. The van der Waals surface area contributed by atoms with Crippen molar-refractivity contribution in [3.05, 3.63) is 0 Å². The van der Waals surface area contributed by atoms with Crippen LogP contribution in [0.4, 0.5) is 0 Å². The Morgan fingerprint density at radius 3 is 2.80 bits per heavy atom. The molecule has 4 heteroatoms. The van der Waals surface area contributed by atoms with Crippen molar-refractivity contribution in [2.75, 3.05) is 39.9 Å². The van der Waals surface area contributed by atoms with Crippen molar-refractivity contribution in [1.29, 1.82) is 0 Å². The maximum absolute atomic E-state index is 9.93. The lowest BCUT2D eigenvalue weighted by molar-refractivity contribution is 0.0306. The molecular formula is C16H34N2O2. The molecule has 0 spiro atoms. The zero-order valence-electron chi connectivity index (χ0n) is 13.8. The quantitative estimate of drug-likeness (QED) is 0.634. The number of piperidine rings is 1. The summed E-state index contributed by atoms with van der Waals surface area (Å²) in [5.74, 6) is 1.38. The molecule has 0 radical (unpaired) electrons. The fourth-order valence-corrected chi connectivity index (χ4v) is 2.82. The Morgan fingerprint density at radius 1 is 1.40 bits per heavy atom. The fourth-order valence-electron chi connectivity index (χ4n) is 2.82.